The van der Waals surface area contributed by atoms with E-state index < -0.39 is 6.86 Å². The number of fused-ring (bicyclic) bond motifs is 1. The van der Waals surface area contributed by atoms with Gasteiger partial charge in [0.2, 0.25) is 6.86 Å². The van der Waals surface area contributed by atoms with E-state index in [2.05, 4.69) is 59.7 Å². The van der Waals surface area contributed by atoms with Crippen LogP contribution in [0, 0.1) is 6.92 Å². The number of nitrogens with zero attached hydrogens (tertiary/aromatic N) is 2. The molecule has 0 fully saturated rings. The zero-order chi connectivity index (χ0) is 23.3. The fraction of sp³-hybridized carbons (Fsp3) is 0.111. The van der Waals surface area contributed by atoms with Crippen molar-refractivity contribution < 1.29 is 13.5 Å². The standard InChI is InChI=1S/C27H22FN3O2S/c1-18-15-24-26(30-25(31-27(24)34-18)22-12-14-32-16-22)29-13-2-3-19-4-6-20(7-5-19)21-8-10-23(11-9-21)33-17-28/h2-12,14-16H,13,17H2,1H3,(H,29,30,31)/b3-2+. The number of aromatic nitrogens is 2. The van der Waals surface area contributed by atoms with Gasteiger partial charge in [-0.15, -0.1) is 11.3 Å². The Bertz CT molecular complexity index is 1410. The van der Waals surface area contributed by atoms with Gasteiger partial charge < -0.3 is 14.5 Å². The normalized spacial score (nSPS) is 11.4. The van der Waals surface area contributed by atoms with Gasteiger partial charge in [-0.1, -0.05) is 48.6 Å². The van der Waals surface area contributed by atoms with Crippen molar-refractivity contribution in [2.45, 2.75) is 6.92 Å². The lowest BCUT2D eigenvalue weighted by Gasteiger charge is -2.06. The number of anilines is 1. The van der Waals surface area contributed by atoms with Gasteiger partial charge in [-0.2, -0.15) is 0 Å². The smallest absolute Gasteiger partial charge is 0.228 e. The van der Waals surface area contributed by atoms with Crippen molar-refractivity contribution in [1.82, 2.24) is 9.97 Å². The van der Waals surface area contributed by atoms with E-state index in [9.17, 15) is 4.39 Å². The summed E-state index contributed by atoms with van der Waals surface area (Å²) in [6.07, 6.45) is 7.42. The average Bonchev–Trinajstić information content (AvgIpc) is 3.52. The van der Waals surface area contributed by atoms with E-state index in [1.807, 2.05) is 18.2 Å². The first kappa shape index (κ1) is 21.9. The highest BCUT2D eigenvalue weighted by molar-refractivity contribution is 7.18. The molecule has 0 spiro atoms. The molecule has 0 bridgehead atoms. The number of benzene rings is 2. The lowest BCUT2D eigenvalue weighted by Crippen LogP contribution is -2.02. The van der Waals surface area contributed by atoms with Crippen LogP contribution in [0.4, 0.5) is 10.2 Å². The number of hydrogen-bond acceptors (Lipinski definition) is 6. The molecule has 0 atom stereocenters. The van der Waals surface area contributed by atoms with Crippen LogP contribution in [-0.4, -0.2) is 23.4 Å². The first-order valence-corrected chi connectivity index (χ1v) is 11.6. The Balaban J connectivity index is 1.27. The zero-order valence-electron chi connectivity index (χ0n) is 18.5. The van der Waals surface area contributed by atoms with E-state index in [-0.39, 0.29) is 0 Å². The van der Waals surface area contributed by atoms with E-state index in [4.69, 9.17) is 14.1 Å². The molecule has 3 aromatic heterocycles. The van der Waals surface area contributed by atoms with E-state index in [0.29, 0.717) is 18.1 Å². The molecular formula is C27H22FN3O2S. The van der Waals surface area contributed by atoms with Gasteiger partial charge >= 0.3 is 0 Å². The summed E-state index contributed by atoms with van der Waals surface area (Å²) in [6, 6.07) is 19.6. The van der Waals surface area contributed by atoms with Crippen LogP contribution in [-0.2, 0) is 0 Å². The second-order valence-corrected chi connectivity index (χ2v) is 8.90. The number of halogens is 1. The molecule has 5 aromatic rings. The molecule has 0 unspecified atom stereocenters. The summed E-state index contributed by atoms with van der Waals surface area (Å²) in [5, 5.41) is 4.45. The highest BCUT2D eigenvalue weighted by atomic mass is 32.1. The molecule has 170 valence electrons. The van der Waals surface area contributed by atoms with E-state index >= 15 is 0 Å². The van der Waals surface area contributed by atoms with Crippen LogP contribution in [0.5, 0.6) is 5.75 Å². The summed E-state index contributed by atoms with van der Waals surface area (Å²) >= 11 is 1.65. The molecule has 5 rings (SSSR count). The highest BCUT2D eigenvalue weighted by Crippen LogP contribution is 2.31. The Morgan fingerprint density at radius 3 is 2.47 bits per heavy atom. The van der Waals surface area contributed by atoms with Crippen molar-refractivity contribution in [3.05, 3.63) is 89.7 Å². The summed E-state index contributed by atoms with van der Waals surface area (Å²) < 4.78 is 22.3. The summed E-state index contributed by atoms with van der Waals surface area (Å²) in [7, 11) is 0. The number of furan rings is 1. The van der Waals surface area contributed by atoms with E-state index in [0.717, 1.165) is 38.3 Å². The molecule has 0 radical (unpaired) electrons. The predicted molar refractivity (Wildman–Crippen MR) is 136 cm³/mol. The Kier molecular flexibility index (Phi) is 6.35. The SMILES string of the molecule is Cc1cc2c(NC/C=C/c3ccc(-c4ccc(OCF)cc4)cc3)nc(-c3ccoc3)nc2s1. The topological polar surface area (TPSA) is 60.2 Å². The Morgan fingerprint density at radius 1 is 1.00 bits per heavy atom. The van der Waals surface area contributed by atoms with Gasteiger partial charge in [-0.05, 0) is 47.9 Å². The van der Waals surface area contributed by atoms with Crippen LogP contribution in [0.15, 0.2) is 83.7 Å². The van der Waals surface area contributed by atoms with Gasteiger partial charge in [0.15, 0.2) is 5.82 Å². The summed E-state index contributed by atoms with van der Waals surface area (Å²) in [5.74, 6) is 1.98. The lowest BCUT2D eigenvalue weighted by atomic mass is 10.0. The fourth-order valence-corrected chi connectivity index (χ4v) is 4.52. The number of ether oxygens (including phenoxy) is 1. The molecule has 34 heavy (non-hydrogen) atoms. The van der Waals surface area contributed by atoms with Gasteiger partial charge in [0, 0.05) is 11.4 Å². The summed E-state index contributed by atoms with van der Waals surface area (Å²) in [4.78, 5) is 11.6. The molecule has 2 aromatic carbocycles. The summed E-state index contributed by atoms with van der Waals surface area (Å²) in [6.45, 7) is 1.88. The maximum absolute atomic E-state index is 12.3. The maximum Gasteiger partial charge on any atom is 0.228 e. The predicted octanol–water partition coefficient (Wildman–Crippen LogP) is 7.36. The van der Waals surface area contributed by atoms with Crippen molar-refractivity contribution in [2.24, 2.45) is 0 Å². The number of alkyl halides is 1. The number of nitrogens with one attached hydrogen (secondary N) is 1. The van der Waals surface area contributed by atoms with Crippen molar-refractivity contribution in [2.75, 3.05) is 18.7 Å². The van der Waals surface area contributed by atoms with Crippen LogP contribution in [0.2, 0.25) is 0 Å². The molecule has 1 N–H and O–H groups in total. The van der Waals surface area contributed by atoms with Crippen molar-refractivity contribution in [3.63, 3.8) is 0 Å². The van der Waals surface area contributed by atoms with Crippen LogP contribution in [0.25, 0.3) is 38.8 Å². The van der Waals surface area contributed by atoms with Gasteiger partial charge in [0.25, 0.3) is 0 Å². The molecule has 0 amide bonds. The average molecular weight is 472 g/mol. The molecular weight excluding hydrogens is 449 g/mol. The second kappa shape index (κ2) is 9.89. The zero-order valence-corrected chi connectivity index (χ0v) is 19.3. The van der Waals surface area contributed by atoms with Gasteiger partial charge in [-0.25, -0.2) is 14.4 Å². The third-order valence-electron chi connectivity index (χ3n) is 5.31. The minimum atomic E-state index is -0.824. The van der Waals surface area contributed by atoms with Gasteiger partial charge in [0.1, 0.15) is 22.7 Å². The van der Waals surface area contributed by atoms with Crippen LogP contribution < -0.4 is 10.1 Å². The first-order chi connectivity index (χ1) is 16.7. The van der Waals surface area contributed by atoms with Crippen LogP contribution in [0.1, 0.15) is 10.4 Å². The van der Waals surface area contributed by atoms with Crippen LogP contribution >= 0.6 is 11.3 Å². The molecule has 0 aliphatic rings. The molecule has 7 heteroatoms. The molecule has 0 aliphatic carbocycles. The quantitative estimate of drug-likeness (QED) is 0.256. The van der Waals surface area contributed by atoms with Crippen molar-refractivity contribution in [3.8, 4) is 28.3 Å². The molecule has 5 nitrogen and oxygen atoms in total. The lowest BCUT2D eigenvalue weighted by molar-refractivity contribution is 0.192. The number of aryl methyl sites for hydroxylation is 1. The van der Waals surface area contributed by atoms with Crippen LogP contribution in [0.3, 0.4) is 0 Å². The molecule has 0 saturated carbocycles. The largest absolute Gasteiger partial charge is 0.472 e. The van der Waals surface area contributed by atoms with E-state index in [1.54, 1.807) is 36.0 Å². The fourth-order valence-electron chi connectivity index (χ4n) is 3.64. The number of rotatable bonds is 8. The Labute approximate surface area is 200 Å². The van der Waals surface area contributed by atoms with Crippen molar-refractivity contribution >= 4 is 33.4 Å². The third kappa shape index (κ3) is 4.84. The second-order valence-electron chi connectivity index (χ2n) is 7.67. The molecule has 0 aliphatic heterocycles. The highest BCUT2D eigenvalue weighted by Gasteiger charge is 2.12. The van der Waals surface area contributed by atoms with Gasteiger partial charge in [-0.3, -0.25) is 0 Å². The number of thiophene rings is 1. The Morgan fingerprint density at radius 2 is 1.76 bits per heavy atom. The van der Waals surface area contributed by atoms with Gasteiger partial charge in [0.05, 0.1) is 17.2 Å². The minimum absolute atomic E-state index is 0.522. The van der Waals surface area contributed by atoms with E-state index in [1.165, 1.54) is 4.88 Å². The number of hydrogen-bond donors (Lipinski definition) is 1. The first-order valence-electron chi connectivity index (χ1n) is 10.8. The molecule has 3 heterocycles. The monoisotopic (exact) mass is 471 g/mol. The minimum Gasteiger partial charge on any atom is -0.472 e. The summed E-state index contributed by atoms with van der Waals surface area (Å²) in [5.41, 5.74) is 4.10. The Hall–Kier alpha value is -3.97. The van der Waals surface area contributed by atoms with Crippen molar-refractivity contribution in [1.29, 1.82) is 0 Å². The maximum atomic E-state index is 12.3. The molecule has 0 saturated heterocycles. The third-order valence-corrected chi connectivity index (χ3v) is 6.26.